The summed E-state index contributed by atoms with van der Waals surface area (Å²) in [4.78, 5) is 5.51. The molecule has 0 aliphatic rings. The molecule has 0 bridgehead atoms. The summed E-state index contributed by atoms with van der Waals surface area (Å²) in [6.07, 6.45) is 1.07. The van der Waals surface area contributed by atoms with Gasteiger partial charge < -0.3 is 5.73 Å². The molecule has 0 unspecified atom stereocenters. The van der Waals surface area contributed by atoms with Crippen molar-refractivity contribution in [1.29, 1.82) is 0 Å². The third-order valence-corrected chi connectivity index (χ3v) is 4.39. The molecule has 0 saturated carbocycles. The molecular weight excluding hydrogens is 284 g/mol. The van der Waals surface area contributed by atoms with Crippen molar-refractivity contribution >= 4 is 27.3 Å². The molecule has 2 aromatic rings. The van der Waals surface area contributed by atoms with Crippen molar-refractivity contribution in [1.82, 2.24) is 4.98 Å². The molecule has 1 aromatic carbocycles. The zero-order chi connectivity index (χ0) is 11.5. The molecule has 2 N–H and O–H groups in total. The van der Waals surface area contributed by atoms with E-state index in [0.717, 1.165) is 20.9 Å². The molecule has 0 spiro atoms. The van der Waals surface area contributed by atoms with Crippen molar-refractivity contribution in [2.45, 2.75) is 19.9 Å². The fraction of sp³-hybridized carbons (Fsp3) is 0.250. The van der Waals surface area contributed by atoms with Gasteiger partial charge in [0.25, 0.3) is 0 Å². The molecule has 84 valence electrons. The molecule has 1 heterocycles. The lowest BCUT2D eigenvalue weighted by Crippen LogP contribution is -1.93. The van der Waals surface area contributed by atoms with Crippen molar-refractivity contribution in [2.24, 2.45) is 5.73 Å². The zero-order valence-corrected chi connectivity index (χ0v) is 11.4. The van der Waals surface area contributed by atoms with Crippen LogP contribution in [-0.2, 0) is 13.0 Å². The normalized spacial score (nSPS) is 10.7. The standard InChI is InChI=1S/C12H13BrN2S/c1-2-8-3-5-9(6-4-8)11-12(13)15-10(7-14)16-11/h3-6H,2,7,14H2,1H3. The molecule has 2 nitrogen and oxygen atoms in total. The fourth-order valence-electron chi connectivity index (χ4n) is 1.50. The highest BCUT2D eigenvalue weighted by Gasteiger charge is 2.09. The van der Waals surface area contributed by atoms with Gasteiger partial charge in [0.15, 0.2) is 0 Å². The topological polar surface area (TPSA) is 38.9 Å². The van der Waals surface area contributed by atoms with Gasteiger partial charge in [-0.2, -0.15) is 0 Å². The summed E-state index contributed by atoms with van der Waals surface area (Å²) in [7, 11) is 0. The van der Waals surface area contributed by atoms with Gasteiger partial charge in [0.2, 0.25) is 0 Å². The molecule has 0 fully saturated rings. The molecule has 0 radical (unpaired) electrons. The molecule has 1 aromatic heterocycles. The van der Waals surface area contributed by atoms with E-state index in [-0.39, 0.29) is 0 Å². The Balaban J connectivity index is 2.38. The highest BCUT2D eigenvalue weighted by Crippen LogP contribution is 2.33. The van der Waals surface area contributed by atoms with Crippen LogP contribution in [0.4, 0.5) is 0 Å². The molecule has 2 rings (SSSR count). The molecule has 0 atom stereocenters. The van der Waals surface area contributed by atoms with E-state index >= 15 is 0 Å². The third kappa shape index (κ3) is 2.34. The van der Waals surface area contributed by atoms with Crippen molar-refractivity contribution in [3.63, 3.8) is 0 Å². The van der Waals surface area contributed by atoms with Gasteiger partial charge in [-0.3, -0.25) is 0 Å². The predicted octanol–water partition coefficient (Wildman–Crippen LogP) is 3.59. The van der Waals surface area contributed by atoms with Crippen LogP contribution in [0.25, 0.3) is 10.4 Å². The summed E-state index contributed by atoms with van der Waals surface area (Å²) in [5, 5.41) is 0.960. The molecule has 4 heteroatoms. The van der Waals surface area contributed by atoms with E-state index in [2.05, 4.69) is 52.1 Å². The highest BCUT2D eigenvalue weighted by molar-refractivity contribution is 9.10. The van der Waals surface area contributed by atoms with E-state index in [1.165, 1.54) is 11.1 Å². The van der Waals surface area contributed by atoms with Crippen LogP contribution >= 0.6 is 27.3 Å². The Morgan fingerprint density at radius 2 is 2.00 bits per heavy atom. The Hall–Kier alpha value is -0.710. The average Bonchev–Trinajstić information content (AvgIpc) is 2.71. The first kappa shape index (κ1) is 11.8. The Labute approximate surface area is 108 Å². The number of nitrogens with two attached hydrogens (primary N) is 1. The van der Waals surface area contributed by atoms with Gasteiger partial charge in [-0.15, -0.1) is 11.3 Å². The number of hydrogen-bond donors (Lipinski definition) is 1. The second-order valence-electron chi connectivity index (χ2n) is 3.48. The summed E-state index contributed by atoms with van der Waals surface area (Å²) < 4.78 is 0.891. The van der Waals surface area contributed by atoms with Gasteiger partial charge in [0.1, 0.15) is 9.61 Å². The monoisotopic (exact) mass is 296 g/mol. The summed E-state index contributed by atoms with van der Waals surface area (Å²) in [6.45, 7) is 2.65. The largest absolute Gasteiger partial charge is 0.325 e. The van der Waals surface area contributed by atoms with Gasteiger partial charge in [-0.1, -0.05) is 31.2 Å². The number of halogens is 1. The smallest absolute Gasteiger partial charge is 0.125 e. The lowest BCUT2D eigenvalue weighted by atomic mass is 10.1. The Morgan fingerprint density at radius 3 is 2.50 bits per heavy atom. The zero-order valence-electron chi connectivity index (χ0n) is 9.03. The maximum absolute atomic E-state index is 5.58. The van der Waals surface area contributed by atoms with Crippen LogP contribution in [0.1, 0.15) is 17.5 Å². The summed E-state index contributed by atoms with van der Waals surface area (Å²) in [6, 6.07) is 8.59. The number of aromatic nitrogens is 1. The molecule has 0 aliphatic carbocycles. The first-order chi connectivity index (χ1) is 7.74. The third-order valence-electron chi connectivity index (χ3n) is 2.43. The van der Waals surface area contributed by atoms with Crippen molar-refractivity contribution in [3.8, 4) is 10.4 Å². The van der Waals surface area contributed by atoms with Crippen molar-refractivity contribution < 1.29 is 0 Å². The van der Waals surface area contributed by atoms with Gasteiger partial charge >= 0.3 is 0 Å². The lowest BCUT2D eigenvalue weighted by molar-refractivity contribution is 1.03. The summed E-state index contributed by atoms with van der Waals surface area (Å²) in [5.41, 5.74) is 8.13. The summed E-state index contributed by atoms with van der Waals surface area (Å²) in [5.74, 6) is 0. The van der Waals surface area contributed by atoms with Crippen LogP contribution < -0.4 is 5.73 Å². The van der Waals surface area contributed by atoms with Gasteiger partial charge in [-0.25, -0.2) is 4.98 Å². The maximum atomic E-state index is 5.58. The highest BCUT2D eigenvalue weighted by atomic mass is 79.9. The van der Waals surface area contributed by atoms with Crippen LogP contribution in [-0.4, -0.2) is 4.98 Å². The molecule has 0 amide bonds. The van der Waals surface area contributed by atoms with E-state index < -0.39 is 0 Å². The van der Waals surface area contributed by atoms with Gasteiger partial charge in [0, 0.05) is 6.54 Å². The lowest BCUT2D eigenvalue weighted by Gasteiger charge is -2.00. The van der Waals surface area contributed by atoms with Crippen LogP contribution in [0.5, 0.6) is 0 Å². The van der Waals surface area contributed by atoms with Crippen molar-refractivity contribution in [3.05, 3.63) is 39.4 Å². The fourth-order valence-corrected chi connectivity index (χ4v) is 3.14. The van der Waals surface area contributed by atoms with Crippen LogP contribution in [0.2, 0.25) is 0 Å². The molecule has 0 saturated heterocycles. The number of nitrogens with zero attached hydrogens (tertiary/aromatic N) is 1. The number of benzene rings is 1. The van der Waals surface area contributed by atoms with Crippen LogP contribution in [0, 0.1) is 0 Å². The number of hydrogen-bond acceptors (Lipinski definition) is 3. The van der Waals surface area contributed by atoms with E-state index in [0.29, 0.717) is 6.54 Å². The van der Waals surface area contributed by atoms with Gasteiger partial charge in [-0.05, 0) is 33.5 Å². The number of aryl methyl sites for hydroxylation is 1. The minimum Gasteiger partial charge on any atom is -0.325 e. The predicted molar refractivity (Wildman–Crippen MR) is 72.5 cm³/mol. The number of thiazole rings is 1. The minimum atomic E-state index is 0.496. The molecule has 16 heavy (non-hydrogen) atoms. The first-order valence-electron chi connectivity index (χ1n) is 5.19. The quantitative estimate of drug-likeness (QED) is 0.940. The first-order valence-corrected chi connectivity index (χ1v) is 6.80. The average molecular weight is 297 g/mol. The minimum absolute atomic E-state index is 0.496. The molecular formula is C12H13BrN2S. The Bertz CT molecular complexity index is 476. The van der Waals surface area contributed by atoms with E-state index in [9.17, 15) is 0 Å². The Kier molecular flexibility index (Phi) is 3.74. The van der Waals surface area contributed by atoms with Crippen molar-refractivity contribution in [2.75, 3.05) is 0 Å². The Morgan fingerprint density at radius 1 is 1.31 bits per heavy atom. The summed E-state index contributed by atoms with van der Waals surface area (Å²) >= 11 is 5.12. The van der Waals surface area contributed by atoms with E-state index in [1.807, 2.05) is 0 Å². The van der Waals surface area contributed by atoms with E-state index in [4.69, 9.17) is 5.73 Å². The number of rotatable bonds is 3. The van der Waals surface area contributed by atoms with E-state index in [1.54, 1.807) is 11.3 Å². The van der Waals surface area contributed by atoms with Crippen LogP contribution in [0.3, 0.4) is 0 Å². The molecule has 0 aliphatic heterocycles. The SMILES string of the molecule is CCc1ccc(-c2sc(CN)nc2Br)cc1. The van der Waals surface area contributed by atoms with Gasteiger partial charge in [0.05, 0.1) is 4.88 Å². The maximum Gasteiger partial charge on any atom is 0.125 e. The van der Waals surface area contributed by atoms with Crippen LogP contribution in [0.15, 0.2) is 28.9 Å². The second kappa shape index (κ2) is 5.08. The second-order valence-corrected chi connectivity index (χ2v) is 5.32.